The summed E-state index contributed by atoms with van der Waals surface area (Å²) in [6.45, 7) is 2.01. The first-order chi connectivity index (χ1) is 21.6. The highest BCUT2D eigenvalue weighted by atomic mass is 35.5. The molecule has 46 heavy (non-hydrogen) atoms. The molecule has 0 aliphatic heterocycles. The van der Waals surface area contributed by atoms with Gasteiger partial charge >= 0.3 is 12.5 Å². The Kier molecular flexibility index (Phi) is 10.5. The van der Waals surface area contributed by atoms with Gasteiger partial charge < -0.3 is 9.47 Å². The van der Waals surface area contributed by atoms with Gasteiger partial charge in [0.25, 0.3) is 0 Å². The molecule has 0 atom stereocenters. The smallest absolute Gasteiger partial charge is 0.429 e. The summed E-state index contributed by atoms with van der Waals surface area (Å²) in [7, 11) is 0. The predicted molar refractivity (Wildman–Crippen MR) is 150 cm³/mol. The van der Waals surface area contributed by atoms with Crippen LogP contribution in [0.1, 0.15) is 48.4 Å². The molecule has 4 rings (SSSR count). The van der Waals surface area contributed by atoms with E-state index in [0.717, 1.165) is 37.5 Å². The van der Waals surface area contributed by atoms with Crippen molar-refractivity contribution in [1.82, 2.24) is 0 Å². The summed E-state index contributed by atoms with van der Waals surface area (Å²) in [6.07, 6.45) is -6.56. The zero-order valence-corrected chi connectivity index (χ0v) is 24.3. The van der Waals surface area contributed by atoms with Gasteiger partial charge in [0.15, 0.2) is 11.6 Å². The van der Waals surface area contributed by atoms with E-state index >= 15 is 0 Å². The zero-order valence-electron chi connectivity index (χ0n) is 23.6. The molecule has 2 nitrogen and oxygen atoms in total. The second kappa shape index (κ2) is 14.0. The summed E-state index contributed by atoms with van der Waals surface area (Å²) in [5, 5.41) is -0.776. The molecular formula is C33H21ClF10O2. The number of halogens is 11. The average molecular weight is 675 g/mol. The van der Waals surface area contributed by atoms with Crippen molar-refractivity contribution in [1.29, 1.82) is 0 Å². The van der Waals surface area contributed by atoms with Gasteiger partial charge in [0.1, 0.15) is 34.6 Å². The first-order valence-electron chi connectivity index (χ1n) is 13.5. The first-order valence-corrected chi connectivity index (χ1v) is 13.9. The molecule has 4 aromatic carbocycles. The van der Waals surface area contributed by atoms with E-state index in [1.165, 1.54) is 12.1 Å². The highest BCUT2D eigenvalue weighted by Crippen LogP contribution is 2.38. The van der Waals surface area contributed by atoms with Crippen molar-refractivity contribution in [3.8, 4) is 34.5 Å². The molecule has 0 radical (unpaired) electrons. The molecule has 0 N–H and O–H groups in total. The molecule has 13 heteroatoms. The van der Waals surface area contributed by atoms with Crippen LogP contribution in [0.2, 0.25) is 5.02 Å². The second-order valence-corrected chi connectivity index (χ2v) is 10.3. The van der Waals surface area contributed by atoms with Crippen molar-refractivity contribution in [2.75, 3.05) is 0 Å². The summed E-state index contributed by atoms with van der Waals surface area (Å²) >= 11 is 5.62. The van der Waals surface area contributed by atoms with Crippen molar-refractivity contribution in [2.24, 2.45) is 0 Å². The molecule has 0 aromatic heterocycles. The van der Waals surface area contributed by atoms with Crippen molar-refractivity contribution in [2.45, 2.75) is 45.1 Å². The van der Waals surface area contributed by atoms with E-state index in [0.29, 0.717) is 36.2 Å². The number of aryl methyl sites for hydroxylation is 1. The highest BCUT2D eigenvalue weighted by molar-refractivity contribution is 6.32. The SMILES string of the molecule is CCCCCc1ccc(-c2cc(F)c(C(F)(F)Oc3ccc(C#Cc4cc(F)c(OC(F)(F)F)c(Cl)c4)c(F)c3)c(F)c2)c(F)c1. The normalized spacial score (nSPS) is 11.7. The van der Waals surface area contributed by atoms with E-state index in [1.54, 1.807) is 6.07 Å². The van der Waals surface area contributed by atoms with Gasteiger partial charge in [-0.25, -0.2) is 22.0 Å². The van der Waals surface area contributed by atoms with Crippen LogP contribution in [0.4, 0.5) is 43.9 Å². The molecule has 0 aliphatic carbocycles. The van der Waals surface area contributed by atoms with Crippen LogP contribution >= 0.6 is 11.6 Å². The molecule has 0 fully saturated rings. The fourth-order valence-electron chi connectivity index (χ4n) is 4.38. The molecule has 0 heterocycles. The Morgan fingerprint density at radius 3 is 1.98 bits per heavy atom. The standard InChI is InChI=1S/C33H21ClF10O2/c1-2-3-4-5-18-7-11-23(26(36)13-18)21-15-27(37)30(28(38)16-21)32(40,41)45-22-10-9-20(25(35)17-22)8-6-19-12-24(34)31(29(39)14-19)46-33(42,43)44/h7,9-17H,2-5H2,1H3. The maximum absolute atomic E-state index is 14.9. The lowest BCUT2D eigenvalue weighted by atomic mass is 9.99. The van der Waals surface area contributed by atoms with Gasteiger partial charge in [0.2, 0.25) is 0 Å². The minimum Gasteiger partial charge on any atom is -0.429 e. The number of alkyl halides is 5. The molecular weight excluding hydrogens is 654 g/mol. The Labute approximate surface area is 261 Å². The third-order valence-corrected chi connectivity index (χ3v) is 6.77. The Morgan fingerprint density at radius 2 is 1.39 bits per heavy atom. The molecule has 0 saturated heterocycles. The van der Waals surface area contributed by atoms with E-state index in [9.17, 15) is 43.9 Å². The number of benzene rings is 4. The van der Waals surface area contributed by atoms with Gasteiger partial charge in [-0.05, 0) is 66.4 Å². The van der Waals surface area contributed by atoms with Gasteiger partial charge in [-0.15, -0.1) is 13.2 Å². The average Bonchev–Trinajstić information content (AvgIpc) is 2.93. The Morgan fingerprint density at radius 1 is 0.696 bits per heavy atom. The predicted octanol–water partition coefficient (Wildman–Crippen LogP) is 10.9. The second-order valence-electron chi connectivity index (χ2n) is 9.91. The van der Waals surface area contributed by atoms with Crippen LogP contribution in [0, 0.1) is 40.9 Å². The van der Waals surface area contributed by atoms with Crippen LogP contribution in [0.15, 0.2) is 60.7 Å². The topological polar surface area (TPSA) is 18.5 Å². The van der Waals surface area contributed by atoms with Crippen LogP contribution < -0.4 is 9.47 Å². The van der Waals surface area contributed by atoms with E-state index in [4.69, 9.17) is 11.6 Å². The lowest BCUT2D eigenvalue weighted by Crippen LogP contribution is -2.25. The summed E-state index contributed by atoms with van der Waals surface area (Å²) in [6, 6.07) is 8.61. The van der Waals surface area contributed by atoms with Crippen molar-refractivity contribution in [3.63, 3.8) is 0 Å². The molecule has 242 valence electrons. The Hall–Kier alpha value is -4.37. The molecule has 0 spiro atoms. The van der Waals surface area contributed by atoms with Crippen LogP contribution in [-0.2, 0) is 12.5 Å². The van der Waals surface area contributed by atoms with Gasteiger partial charge in [-0.2, -0.15) is 8.78 Å². The van der Waals surface area contributed by atoms with E-state index < -0.39 is 69.2 Å². The fourth-order valence-corrected chi connectivity index (χ4v) is 4.62. The Balaban J connectivity index is 1.53. The third kappa shape index (κ3) is 8.46. The minimum atomic E-state index is -5.22. The quantitative estimate of drug-likeness (QED) is 0.0999. The molecule has 0 unspecified atom stereocenters. The fraction of sp³-hybridized carbons (Fsp3) is 0.212. The molecule has 0 aliphatic rings. The number of hydrogen-bond donors (Lipinski definition) is 0. The van der Waals surface area contributed by atoms with E-state index in [-0.39, 0.29) is 16.7 Å². The van der Waals surface area contributed by atoms with Crippen LogP contribution in [-0.4, -0.2) is 6.36 Å². The number of ether oxygens (including phenoxy) is 2. The number of rotatable bonds is 9. The highest BCUT2D eigenvalue weighted by Gasteiger charge is 2.41. The summed E-state index contributed by atoms with van der Waals surface area (Å²) in [4.78, 5) is 0. The third-order valence-electron chi connectivity index (χ3n) is 6.49. The van der Waals surface area contributed by atoms with Gasteiger partial charge in [0, 0.05) is 17.2 Å². The monoisotopic (exact) mass is 674 g/mol. The molecule has 0 bridgehead atoms. The van der Waals surface area contributed by atoms with Crippen LogP contribution in [0.25, 0.3) is 11.1 Å². The lowest BCUT2D eigenvalue weighted by molar-refractivity contribution is -0.275. The van der Waals surface area contributed by atoms with Gasteiger partial charge in [-0.3, -0.25) is 0 Å². The summed E-state index contributed by atoms with van der Waals surface area (Å²) in [5.74, 6) is -4.70. The zero-order chi connectivity index (χ0) is 33.8. The van der Waals surface area contributed by atoms with Gasteiger partial charge in [0.05, 0.1) is 10.6 Å². The van der Waals surface area contributed by atoms with Crippen LogP contribution in [0.5, 0.6) is 11.5 Å². The largest absolute Gasteiger partial charge is 0.573 e. The number of hydrogen-bond acceptors (Lipinski definition) is 2. The minimum absolute atomic E-state index is 0.206. The van der Waals surface area contributed by atoms with Crippen molar-refractivity contribution >= 4 is 11.6 Å². The molecule has 0 saturated carbocycles. The van der Waals surface area contributed by atoms with E-state index in [1.807, 2.05) is 6.92 Å². The van der Waals surface area contributed by atoms with Crippen LogP contribution in [0.3, 0.4) is 0 Å². The van der Waals surface area contributed by atoms with Crippen molar-refractivity contribution < 1.29 is 53.4 Å². The summed E-state index contributed by atoms with van der Waals surface area (Å²) < 4.78 is 148. The first kappa shape index (κ1) is 34.5. The Bertz CT molecular complexity index is 1760. The maximum atomic E-state index is 14.9. The number of unbranched alkanes of at least 4 members (excludes halogenated alkanes) is 2. The van der Waals surface area contributed by atoms with Crippen molar-refractivity contribution in [3.05, 3.63) is 117 Å². The summed E-state index contributed by atoms with van der Waals surface area (Å²) in [5.41, 5.74) is -2.38. The van der Waals surface area contributed by atoms with Gasteiger partial charge in [-0.1, -0.05) is 55.3 Å². The molecule has 0 amide bonds. The molecule has 4 aromatic rings. The lowest BCUT2D eigenvalue weighted by Gasteiger charge is -2.20. The maximum Gasteiger partial charge on any atom is 0.573 e. The van der Waals surface area contributed by atoms with E-state index in [2.05, 4.69) is 21.3 Å².